The third-order valence-electron chi connectivity index (χ3n) is 1.74. The molecule has 0 aromatic carbocycles. The zero-order chi connectivity index (χ0) is 8.53. The molecule has 1 saturated heterocycles. The van der Waals surface area contributed by atoms with E-state index in [9.17, 15) is 0 Å². The molecule has 2 heteroatoms. The molecular weight excluding hydrogens is 138 g/mol. The molecule has 2 nitrogen and oxygen atoms in total. The van der Waals surface area contributed by atoms with E-state index in [1.54, 1.807) is 7.11 Å². The van der Waals surface area contributed by atoms with Crippen LogP contribution < -0.4 is 0 Å². The van der Waals surface area contributed by atoms with E-state index in [-0.39, 0.29) is 0 Å². The van der Waals surface area contributed by atoms with Crippen molar-refractivity contribution in [3.63, 3.8) is 0 Å². The first kappa shape index (κ1) is 10.9. The van der Waals surface area contributed by atoms with E-state index in [4.69, 9.17) is 4.74 Å². The van der Waals surface area contributed by atoms with Gasteiger partial charge in [-0.25, -0.2) is 0 Å². The molecule has 0 aromatic heterocycles. The predicted octanol–water partition coefficient (Wildman–Crippen LogP) is 1.75. The summed E-state index contributed by atoms with van der Waals surface area (Å²) in [6.45, 7) is 5.61. The second kappa shape index (κ2) is 8.02. The zero-order valence-corrected chi connectivity index (χ0v) is 8.10. The quantitative estimate of drug-likeness (QED) is 0.608. The van der Waals surface area contributed by atoms with Crippen LogP contribution in [0.3, 0.4) is 0 Å². The monoisotopic (exact) mass is 159 g/mol. The molecule has 0 saturated carbocycles. The second-order valence-electron chi connectivity index (χ2n) is 3.00. The van der Waals surface area contributed by atoms with Crippen molar-refractivity contribution in [3.8, 4) is 0 Å². The third-order valence-corrected chi connectivity index (χ3v) is 1.74. The van der Waals surface area contributed by atoms with Crippen molar-refractivity contribution < 1.29 is 4.74 Å². The molecule has 0 atom stereocenters. The number of methoxy groups -OCH3 is 1. The van der Waals surface area contributed by atoms with Gasteiger partial charge < -0.3 is 9.64 Å². The SMILES string of the molecule is CCCOC.CN1CCCC1. The lowest BCUT2D eigenvalue weighted by Gasteiger charge is -2.01. The van der Waals surface area contributed by atoms with Crippen LogP contribution in [0, 0.1) is 0 Å². The minimum Gasteiger partial charge on any atom is -0.385 e. The van der Waals surface area contributed by atoms with Gasteiger partial charge in [0.15, 0.2) is 0 Å². The molecule has 0 bridgehead atoms. The highest BCUT2D eigenvalue weighted by molar-refractivity contribution is 4.59. The number of ether oxygens (including phenoxy) is 1. The number of rotatable bonds is 2. The van der Waals surface area contributed by atoms with Crippen LogP contribution in [0.1, 0.15) is 26.2 Å². The van der Waals surface area contributed by atoms with E-state index in [0.29, 0.717) is 0 Å². The highest BCUT2D eigenvalue weighted by atomic mass is 16.5. The highest BCUT2D eigenvalue weighted by Crippen LogP contribution is 2.01. The van der Waals surface area contributed by atoms with Gasteiger partial charge in [-0.1, -0.05) is 6.92 Å². The normalized spacial score (nSPS) is 17.7. The summed E-state index contributed by atoms with van der Waals surface area (Å²) in [7, 11) is 3.89. The van der Waals surface area contributed by atoms with Gasteiger partial charge in [-0.15, -0.1) is 0 Å². The van der Waals surface area contributed by atoms with Gasteiger partial charge in [0.25, 0.3) is 0 Å². The van der Waals surface area contributed by atoms with Gasteiger partial charge in [0, 0.05) is 13.7 Å². The molecule has 0 aliphatic carbocycles. The molecule has 11 heavy (non-hydrogen) atoms. The first-order valence-corrected chi connectivity index (χ1v) is 4.48. The first-order valence-electron chi connectivity index (χ1n) is 4.48. The summed E-state index contributed by atoms with van der Waals surface area (Å²) in [5.74, 6) is 0. The fourth-order valence-corrected chi connectivity index (χ4v) is 1.08. The maximum Gasteiger partial charge on any atom is 0.0459 e. The van der Waals surface area contributed by atoms with Crippen LogP contribution in [-0.4, -0.2) is 38.8 Å². The Morgan fingerprint density at radius 3 is 1.91 bits per heavy atom. The molecule has 68 valence electrons. The molecule has 0 N–H and O–H groups in total. The van der Waals surface area contributed by atoms with Gasteiger partial charge in [-0.2, -0.15) is 0 Å². The Hall–Kier alpha value is -0.0800. The summed E-state index contributed by atoms with van der Waals surface area (Å²) in [6, 6.07) is 0. The van der Waals surface area contributed by atoms with Crippen molar-refractivity contribution in [1.29, 1.82) is 0 Å². The smallest absolute Gasteiger partial charge is 0.0459 e. The predicted molar refractivity (Wildman–Crippen MR) is 48.9 cm³/mol. The van der Waals surface area contributed by atoms with Gasteiger partial charge in [-0.05, 0) is 39.4 Å². The van der Waals surface area contributed by atoms with Crippen LogP contribution in [0.5, 0.6) is 0 Å². The standard InChI is InChI=1S/C5H11N.C4H10O/c1-6-4-2-3-5-6;1-3-4-5-2/h2-5H2,1H3;3-4H2,1-2H3. The van der Waals surface area contributed by atoms with E-state index in [1.165, 1.54) is 25.9 Å². The van der Waals surface area contributed by atoms with Gasteiger partial charge in [0.2, 0.25) is 0 Å². The first-order chi connectivity index (χ1) is 5.31. The molecule has 0 aromatic rings. The van der Waals surface area contributed by atoms with Gasteiger partial charge in [0.1, 0.15) is 0 Å². The Labute approximate surface area is 70.5 Å². The van der Waals surface area contributed by atoms with Crippen LogP contribution in [-0.2, 0) is 4.74 Å². The van der Waals surface area contributed by atoms with E-state index < -0.39 is 0 Å². The number of hydrogen-bond donors (Lipinski definition) is 0. The van der Waals surface area contributed by atoms with Crippen LogP contribution in [0.15, 0.2) is 0 Å². The van der Waals surface area contributed by atoms with Crippen molar-refractivity contribution in [2.24, 2.45) is 0 Å². The molecule has 0 unspecified atom stereocenters. The third kappa shape index (κ3) is 7.82. The van der Waals surface area contributed by atoms with Crippen LogP contribution in [0.4, 0.5) is 0 Å². The van der Waals surface area contributed by atoms with Crippen molar-refractivity contribution in [2.45, 2.75) is 26.2 Å². The Balaban J connectivity index is 0.000000187. The van der Waals surface area contributed by atoms with E-state index in [0.717, 1.165) is 13.0 Å². The number of hydrogen-bond acceptors (Lipinski definition) is 2. The van der Waals surface area contributed by atoms with Crippen molar-refractivity contribution >= 4 is 0 Å². The topological polar surface area (TPSA) is 12.5 Å². The molecule has 0 amide bonds. The summed E-state index contributed by atoms with van der Waals surface area (Å²) in [5, 5.41) is 0. The Morgan fingerprint density at radius 2 is 1.82 bits per heavy atom. The molecule has 0 spiro atoms. The van der Waals surface area contributed by atoms with Crippen LogP contribution >= 0.6 is 0 Å². The summed E-state index contributed by atoms with van der Waals surface area (Å²) in [6.07, 6.45) is 3.95. The molecular formula is C9H21NO. The van der Waals surface area contributed by atoms with E-state index in [1.807, 2.05) is 0 Å². The molecule has 1 aliphatic heterocycles. The molecule has 1 fully saturated rings. The van der Waals surface area contributed by atoms with E-state index in [2.05, 4.69) is 18.9 Å². The maximum absolute atomic E-state index is 4.69. The fourth-order valence-electron chi connectivity index (χ4n) is 1.08. The maximum atomic E-state index is 4.69. The zero-order valence-electron chi connectivity index (χ0n) is 8.10. The average molecular weight is 159 g/mol. The van der Waals surface area contributed by atoms with Crippen molar-refractivity contribution in [2.75, 3.05) is 33.9 Å². The number of nitrogens with zero attached hydrogens (tertiary/aromatic N) is 1. The fraction of sp³-hybridized carbons (Fsp3) is 1.00. The molecule has 1 aliphatic rings. The summed E-state index contributed by atoms with van der Waals surface area (Å²) in [4.78, 5) is 2.36. The molecule has 1 rings (SSSR count). The Kier molecular flexibility index (Phi) is 7.96. The second-order valence-corrected chi connectivity index (χ2v) is 3.00. The lowest BCUT2D eigenvalue weighted by molar-refractivity contribution is 0.199. The van der Waals surface area contributed by atoms with E-state index >= 15 is 0 Å². The largest absolute Gasteiger partial charge is 0.385 e. The summed E-state index contributed by atoms with van der Waals surface area (Å²) < 4.78 is 4.69. The minimum atomic E-state index is 0.889. The van der Waals surface area contributed by atoms with Crippen LogP contribution in [0.25, 0.3) is 0 Å². The lowest BCUT2D eigenvalue weighted by Crippen LogP contribution is -2.10. The highest BCUT2D eigenvalue weighted by Gasteiger charge is 2.03. The van der Waals surface area contributed by atoms with Crippen LogP contribution in [0.2, 0.25) is 0 Å². The Morgan fingerprint density at radius 1 is 1.27 bits per heavy atom. The van der Waals surface area contributed by atoms with Gasteiger partial charge in [0.05, 0.1) is 0 Å². The van der Waals surface area contributed by atoms with Crippen molar-refractivity contribution in [3.05, 3.63) is 0 Å². The molecule has 0 radical (unpaired) electrons. The number of likely N-dealkylation sites (tertiary alicyclic amines) is 1. The lowest BCUT2D eigenvalue weighted by atomic mass is 10.4. The Bertz CT molecular complexity index is 68.0. The average Bonchev–Trinajstić information content (AvgIpc) is 2.43. The van der Waals surface area contributed by atoms with Crippen molar-refractivity contribution in [1.82, 2.24) is 4.90 Å². The minimum absolute atomic E-state index is 0.889. The summed E-state index contributed by atoms with van der Waals surface area (Å²) >= 11 is 0. The van der Waals surface area contributed by atoms with Gasteiger partial charge >= 0.3 is 0 Å². The summed E-state index contributed by atoms with van der Waals surface area (Å²) in [5.41, 5.74) is 0. The molecule has 1 heterocycles. The van der Waals surface area contributed by atoms with Gasteiger partial charge in [-0.3, -0.25) is 0 Å².